The molecule has 2 unspecified atom stereocenters. The maximum absolute atomic E-state index is 10.7. The van der Waals surface area contributed by atoms with E-state index in [1.165, 1.54) is 77.0 Å². The van der Waals surface area contributed by atoms with Crippen molar-refractivity contribution in [3.8, 4) is 0 Å². The van der Waals surface area contributed by atoms with Crippen LogP contribution in [0, 0.1) is 0 Å². The molecule has 10 heteroatoms. The van der Waals surface area contributed by atoms with Gasteiger partial charge in [-0.3, -0.25) is 4.90 Å². The van der Waals surface area contributed by atoms with Gasteiger partial charge in [0.15, 0.2) is 6.29 Å². The van der Waals surface area contributed by atoms with Crippen LogP contribution in [0.1, 0.15) is 102 Å². The third-order valence-electron chi connectivity index (χ3n) is 8.44. The number of nitrogens with zero attached hydrogens (tertiary/aromatic N) is 1. The molecule has 1 saturated heterocycles. The summed E-state index contributed by atoms with van der Waals surface area (Å²) in [5, 5.41) is 60.9. The molecule has 0 bridgehead atoms. The summed E-state index contributed by atoms with van der Waals surface area (Å²) >= 11 is 0. The van der Waals surface area contributed by atoms with E-state index >= 15 is 0 Å². The van der Waals surface area contributed by atoms with Gasteiger partial charge in [-0.05, 0) is 12.0 Å². The maximum atomic E-state index is 10.7. The Bertz CT molecular complexity index is 818. The Hall–Kier alpha value is -1.18. The molecule has 0 aromatic heterocycles. The Kier molecular flexibility index (Phi) is 22.1. The van der Waals surface area contributed by atoms with Gasteiger partial charge in [0.2, 0.25) is 0 Å². The third kappa shape index (κ3) is 17.5. The van der Waals surface area contributed by atoms with Crippen molar-refractivity contribution in [2.45, 2.75) is 146 Å². The molecule has 0 aliphatic carbocycles. The smallest absolute Gasteiger partial charge is 0.186 e. The van der Waals surface area contributed by atoms with E-state index in [0.717, 1.165) is 18.4 Å². The molecule has 0 radical (unpaired) electrons. The van der Waals surface area contributed by atoms with Crippen LogP contribution in [-0.4, -0.2) is 118 Å². The normalized spacial score (nSPS) is 23.4. The van der Waals surface area contributed by atoms with Gasteiger partial charge in [-0.1, -0.05) is 121 Å². The fourth-order valence-corrected chi connectivity index (χ4v) is 5.78. The predicted octanol–water partition coefficient (Wildman–Crippen LogP) is 3.52. The van der Waals surface area contributed by atoms with Crippen LogP contribution < -0.4 is 0 Å². The minimum atomic E-state index is -1.55. The minimum Gasteiger partial charge on any atom is -0.394 e. The fourth-order valence-electron chi connectivity index (χ4n) is 5.78. The standard InChI is InChI=1S/C35H63NO9/c1-2-3-4-5-6-7-8-9-10-11-12-13-14-18-21-43-26-29(38)23-36(22-28-19-16-15-17-20-28)24-30(39)27-44-35-34(42)33(41)32(40)31(25-37)45-35/h15-17,19-20,29-35,37-42H,2-14,18,21-27H2,1H3/t29?,30?,31-,32-,33+,34-,35-/m1/s1. The fraction of sp³-hybridized carbons (Fsp3) is 0.829. The number of aliphatic hydroxyl groups excluding tert-OH is 6. The van der Waals surface area contributed by atoms with Crippen LogP contribution in [-0.2, 0) is 20.8 Å². The van der Waals surface area contributed by atoms with Gasteiger partial charge < -0.3 is 44.8 Å². The van der Waals surface area contributed by atoms with Crippen molar-refractivity contribution in [2.75, 3.05) is 39.5 Å². The number of benzene rings is 1. The Balaban J connectivity index is 1.62. The number of aliphatic hydroxyl groups is 6. The van der Waals surface area contributed by atoms with E-state index in [2.05, 4.69) is 6.92 Å². The highest BCUT2D eigenvalue weighted by molar-refractivity contribution is 5.14. The summed E-state index contributed by atoms with van der Waals surface area (Å²) in [6.45, 7) is 3.25. The summed E-state index contributed by atoms with van der Waals surface area (Å²) in [6, 6.07) is 9.74. The van der Waals surface area contributed by atoms with Crippen LogP contribution in [0.3, 0.4) is 0 Å². The molecule has 6 N–H and O–H groups in total. The van der Waals surface area contributed by atoms with E-state index in [1.807, 2.05) is 35.2 Å². The van der Waals surface area contributed by atoms with Gasteiger partial charge in [0, 0.05) is 26.2 Å². The Morgan fingerprint density at radius 1 is 0.711 bits per heavy atom. The lowest BCUT2D eigenvalue weighted by molar-refractivity contribution is -0.304. The van der Waals surface area contributed by atoms with Crippen LogP contribution >= 0.6 is 0 Å². The van der Waals surface area contributed by atoms with E-state index in [0.29, 0.717) is 13.2 Å². The van der Waals surface area contributed by atoms with Crippen molar-refractivity contribution in [3.63, 3.8) is 0 Å². The molecule has 1 aliphatic heterocycles. The summed E-state index contributed by atoms with van der Waals surface area (Å²) in [5.74, 6) is 0. The number of hydrogen-bond acceptors (Lipinski definition) is 10. The van der Waals surface area contributed by atoms with Gasteiger partial charge in [-0.15, -0.1) is 0 Å². The average molecular weight is 642 g/mol. The highest BCUT2D eigenvalue weighted by Crippen LogP contribution is 2.22. The number of hydrogen-bond donors (Lipinski definition) is 6. The Morgan fingerprint density at radius 3 is 1.80 bits per heavy atom. The van der Waals surface area contributed by atoms with Crippen LogP contribution in [0.25, 0.3) is 0 Å². The van der Waals surface area contributed by atoms with Crippen molar-refractivity contribution >= 4 is 0 Å². The molecule has 2 rings (SSSR count). The number of ether oxygens (including phenoxy) is 3. The van der Waals surface area contributed by atoms with Gasteiger partial charge in [-0.25, -0.2) is 0 Å². The monoisotopic (exact) mass is 641 g/mol. The summed E-state index contributed by atoms with van der Waals surface area (Å²) in [5.41, 5.74) is 1.02. The number of rotatable bonds is 27. The van der Waals surface area contributed by atoms with Gasteiger partial charge in [-0.2, -0.15) is 0 Å². The van der Waals surface area contributed by atoms with Gasteiger partial charge in [0.25, 0.3) is 0 Å². The molecule has 1 aromatic carbocycles. The van der Waals surface area contributed by atoms with E-state index < -0.39 is 49.5 Å². The minimum absolute atomic E-state index is 0.169. The molecule has 0 spiro atoms. The molecular weight excluding hydrogens is 578 g/mol. The van der Waals surface area contributed by atoms with Crippen molar-refractivity contribution in [1.29, 1.82) is 0 Å². The SMILES string of the molecule is CCCCCCCCCCCCCCCCOCC(O)CN(Cc1ccccc1)CC(O)CO[C@@H]1O[C@H](CO)[C@@H](O)[C@H](O)[C@H]1O. The zero-order chi connectivity index (χ0) is 32.7. The zero-order valence-corrected chi connectivity index (χ0v) is 27.6. The van der Waals surface area contributed by atoms with Crippen molar-refractivity contribution in [2.24, 2.45) is 0 Å². The molecule has 10 nitrogen and oxygen atoms in total. The zero-order valence-electron chi connectivity index (χ0n) is 27.6. The van der Waals surface area contributed by atoms with Crippen molar-refractivity contribution in [1.82, 2.24) is 4.90 Å². The first-order valence-corrected chi connectivity index (χ1v) is 17.5. The van der Waals surface area contributed by atoms with Gasteiger partial charge in [0.1, 0.15) is 24.4 Å². The van der Waals surface area contributed by atoms with Gasteiger partial charge in [0.05, 0.1) is 32.0 Å². The first kappa shape index (κ1) is 40.0. The molecule has 1 aliphatic rings. The second-order valence-electron chi connectivity index (χ2n) is 12.7. The summed E-state index contributed by atoms with van der Waals surface area (Å²) in [7, 11) is 0. The van der Waals surface area contributed by atoms with E-state index in [1.54, 1.807) is 0 Å². The van der Waals surface area contributed by atoms with E-state index in [4.69, 9.17) is 14.2 Å². The highest BCUT2D eigenvalue weighted by atomic mass is 16.7. The van der Waals surface area contributed by atoms with Crippen LogP contribution in [0.5, 0.6) is 0 Å². The quantitative estimate of drug-likeness (QED) is 0.0787. The topological polar surface area (TPSA) is 152 Å². The molecule has 0 amide bonds. The molecule has 1 fully saturated rings. The van der Waals surface area contributed by atoms with E-state index in [9.17, 15) is 30.6 Å². The Morgan fingerprint density at radius 2 is 1.24 bits per heavy atom. The molecule has 45 heavy (non-hydrogen) atoms. The van der Waals surface area contributed by atoms with Crippen molar-refractivity contribution in [3.05, 3.63) is 35.9 Å². The first-order valence-electron chi connectivity index (χ1n) is 17.5. The largest absolute Gasteiger partial charge is 0.394 e. The lowest BCUT2D eigenvalue weighted by Gasteiger charge is -2.39. The molecule has 1 heterocycles. The lowest BCUT2D eigenvalue weighted by Crippen LogP contribution is -2.59. The predicted molar refractivity (Wildman–Crippen MR) is 175 cm³/mol. The van der Waals surface area contributed by atoms with Gasteiger partial charge >= 0.3 is 0 Å². The molecule has 262 valence electrons. The molecular formula is C35H63NO9. The summed E-state index contributed by atoms with van der Waals surface area (Å²) in [6.07, 6.45) is 9.56. The van der Waals surface area contributed by atoms with Crippen LogP contribution in [0.4, 0.5) is 0 Å². The summed E-state index contributed by atoms with van der Waals surface area (Å²) < 4.78 is 16.6. The lowest BCUT2D eigenvalue weighted by atomic mass is 9.99. The first-order chi connectivity index (χ1) is 21.8. The second kappa shape index (κ2) is 24.9. The van der Waals surface area contributed by atoms with E-state index in [-0.39, 0.29) is 26.3 Å². The third-order valence-corrected chi connectivity index (χ3v) is 8.44. The van der Waals surface area contributed by atoms with Crippen molar-refractivity contribution < 1.29 is 44.8 Å². The summed E-state index contributed by atoms with van der Waals surface area (Å²) in [4.78, 5) is 1.91. The number of unbranched alkanes of at least 4 members (excludes halogenated alkanes) is 13. The van der Waals surface area contributed by atoms with Crippen LogP contribution in [0.15, 0.2) is 30.3 Å². The highest BCUT2D eigenvalue weighted by Gasteiger charge is 2.44. The average Bonchev–Trinajstić information content (AvgIpc) is 3.03. The second-order valence-corrected chi connectivity index (χ2v) is 12.7. The van der Waals surface area contributed by atoms with Crippen LogP contribution in [0.2, 0.25) is 0 Å². The molecule has 0 saturated carbocycles. The molecule has 1 aromatic rings. The maximum Gasteiger partial charge on any atom is 0.186 e. The Labute approximate surface area is 271 Å². The molecule has 7 atom stereocenters.